The molecular weight excluding hydrogens is 252 g/mol. The van der Waals surface area contributed by atoms with Crippen molar-refractivity contribution in [1.29, 1.82) is 0 Å². The Morgan fingerprint density at radius 2 is 2.00 bits per heavy atom. The van der Waals surface area contributed by atoms with E-state index in [0.717, 1.165) is 31.2 Å². The molecule has 2 N–H and O–H groups in total. The lowest BCUT2D eigenvalue weighted by molar-refractivity contribution is -0.195. The Kier molecular flexibility index (Phi) is 3.71. The first kappa shape index (κ1) is 13.9. The maximum Gasteiger partial charge on any atom is 0.134 e. The summed E-state index contributed by atoms with van der Waals surface area (Å²) in [6.07, 6.45) is 3.92. The lowest BCUT2D eigenvalue weighted by atomic mass is 9.81. The second-order valence-corrected chi connectivity index (χ2v) is 6.22. The fourth-order valence-corrected chi connectivity index (χ4v) is 3.21. The van der Waals surface area contributed by atoms with Crippen molar-refractivity contribution >= 4 is 5.69 Å². The van der Waals surface area contributed by atoms with Crippen molar-refractivity contribution < 1.29 is 9.84 Å². The van der Waals surface area contributed by atoms with E-state index < -0.39 is 5.60 Å². The van der Waals surface area contributed by atoms with E-state index >= 15 is 0 Å². The highest BCUT2D eigenvalue weighted by Crippen LogP contribution is 2.36. The van der Waals surface area contributed by atoms with Gasteiger partial charge in [-0.2, -0.15) is 0 Å². The van der Waals surface area contributed by atoms with E-state index in [1.165, 1.54) is 5.69 Å². The molecule has 0 aromatic heterocycles. The van der Waals surface area contributed by atoms with Crippen LogP contribution in [0.5, 0.6) is 0 Å². The first-order valence-corrected chi connectivity index (χ1v) is 7.47. The molecule has 20 heavy (non-hydrogen) atoms. The van der Waals surface area contributed by atoms with Crippen LogP contribution in [0, 0.1) is 0 Å². The van der Waals surface area contributed by atoms with Gasteiger partial charge in [-0.1, -0.05) is 25.0 Å². The van der Waals surface area contributed by atoms with Crippen LogP contribution >= 0.6 is 0 Å². The van der Waals surface area contributed by atoms with Crippen molar-refractivity contribution in [3.8, 4) is 0 Å². The quantitative estimate of drug-likeness (QED) is 0.868. The number of benzene rings is 1. The van der Waals surface area contributed by atoms with Crippen LogP contribution in [0.15, 0.2) is 24.3 Å². The Morgan fingerprint density at radius 1 is 1.25 bits per heavy atom. The molecule has 1 aliphatic heterocycles. The van der Waals surface area contributed by atoms with E-state index in [1.807, 2.05) is 14.1 Å². The van der Waals surface area contributed by atoms with Crippen LogP contribution in [-0.2, 0) is 4.74 Å². The number of nitrogens with zero attached hydrogens (tertiary/aromatic N) is 1. The first-order chi connectivity index (χ1) is 9.58. The van der Waals surface area contributed by atoms with Gasteiger partial charge in [-0.05, 0) is 30.5 Å². The number of nitrogens with one attached hydrogen (secondary N) is 1. The van der Waals surface area contributed by atoms with Crippen LogP contribution in [0.2, 0.25) is 0 Å². The Hall–Kier alpha value is -1.10. The van der Waals surface area contributed by atoms with E-state index in [1.54, 1.807) is 0 Å². The largest absolute Gasteiger partial charge is 0.386 e. The van der Waals surface area contributed by atoms with Crippen molar-refractivity contribution in [2.45, 2.75) is 43.6 Å². The highest BCUT2D eigenvalue weighted by Gasteiger charge is 2.44. The maximum atomic E-state index is 10.6. The number of aliphatic hydroxyl groups is 1. The zero-order valence-electron chi connectivity index (χ0n) is 12.3. The second-order valence-electron chi connectivity index (χ2n) is 6.22. The molecule has 1 saturated carbocycles. The number of hydrogen-bond acceptors (Lipinski definition) is 4. The summed E-state index contributed by atoms with van der Waals surface area (Å²) in [5.74, 6) is 0. The van der Waals surface area contributed by atoms with E-state index in [0.29, 0.717) is 6.54 Å². The number of anilines is 1. The van der Waals surface area contributed by atoms with Crippen LogP contribution in [0.3, 0.4) is 0 Å². The van der Waals surface area contributed by atoms with Gasteiger partial charge >= 0.3 is 0 Å². The highest BCUT2D eigenvalue weighted by atomic mass is 16.5. The molecule has 1 aromatic rings. The van der Waals surface area contributed by atoms with Crippen LogP contribution in [-0.4, -0.2) is 37.5 Å². The smallest absolute Gasteiger partial charge is 0.134 e. The number of β-amino-alcohol motifs (C(OH)–C–C–N with tert-alkyl or cyclic N) is 1. The number of fused-ring (bicyclic) bond motifs is 1. The molecule has 1 heterocycles. The van der Waals surface area contributed by atoms with E-state index in [4.69, 9.17) is 4.74 Å². The second kappa shape index (κ2) is 5.35. The summed E-state index contributed by atoms with van der Waals surface area (Å²) in [4.78, 5) is 2.08. The lowest BCUT2D eigenvalue weighted by Crippen LogP contribution is -2.59. The van der Waals surface area contributed by atoms with Gasteiger partial charge in [0, 0.05) is 26.3 Å². The predicted octanol–water partition coefficient (Wildman–Crippen LogP) is 2.04. The molecule has 4 heteroatoms. The average molecular weight is 276 g/mol. The van der Waals surface area contributed by atoms with Gasteiger partial charge in [0.25, 0.3) is 0 Å². The third-order valence-electron chi connectivity index (χ3n) is 4.53. The Bertz CT molecular complexity index is 460. The summed E-state index contributed by atoms with van der Waals surface area (Å²) < 4.78 is 6.11. The molecule has 0 spiro atoms. The predicted molar refractivity (Wildman–Crippen MR) is 79.8 cm³/mol. The fraction of sp³-hybridized carbons (Fsp3) is 0.625. The van der Waals surface area contributed by atoms with Gasteiger partial charge in [-0.3, -0.25) is 5.32 Å². The third kappa shape index (κ3) is 2.55. The van der Waals surface area contributed by atoms with E-state index in [9.17, 15) is 5.11 Å². The number of rotatable bonds is 2. The van der Waals surface area contributed by atoms with Crippen LogP contribution in [0.1, 0.15) is 37.5 Å². The minimum atomic E-state index is -0.668. The number of ether oxygens (including phenoxy) is 1. The zero-order valence-corrected chi connectivity index (χ0v) is 12.3. The summed E-state index contributed by atoms with van der Waals surface area (Å²) in [5.41, 5.74) is 1.64. The topological polar surface area (TPSA) is 44.7 Å². The summed E-state index contributed by atoms with van der Waals surface area (Å²) >= 11 is 0. The Labute approximate surface area is 120 Å². The monoisotopic (exact) mass is 276 g/mol. The molecule has 1 aromatic carbocycles. The zero-order chi connectivity index (χ0) is 14.2. The van der Waals surface area contributed by atoms with E-state index in [-0.39, 0.29) is 12.3 Å². The first-order valence-electron chi connectivity index (χ1n) is 7.47. The van der Waals surface area contributed by atoms with Crippen molar-refractivity contribution in [3.05, 3.63) is 29.8 Å². The van der Waals surface area contributed by atoms with Crippen LogP contribution in [0.4, 0.5) is 5.69 Å². The summed E-state index contributed by atoms with van der Waals surface area (Å²) in [6, 6.07) is 8.39. The van der Waals surface area contributed by atoms with Gasteiger partial charge in [0.05, 0.1) is 6.10 Å². The average Bonchev–Trinajstić information content (AvgIpc) is 2.46. The molecule has 110 valence electrons. The highest BCUT2D eigenvalue weighted by molar-refractivity contribution is 5.46. The molecule has 0 radical (unpaired) electrons. The summed E-state index contributed by atoms with van der Waals surface area (Å²) in [6.45, 7) is 0.623. The Morgan fingerprint density at radius 3 is 2.70 bits per heavy atom. The normalized spacial score (nSPS) is 33.5. The van der Waals surface area contributed by atoms with Crippen molar-refractivity contribution in [2.75, 3.05) is 25.5 Å². The molecule has 0 unspecified atom stereocenters. The van der Waals surface area contributed by atoms with Crippen molar-refractivity contribution in [2.24, 2.45) is 0 Å². The third-order valence-corrected chi connectivity index (χ3v) is 4.53. The van der Waals surface area contributed by atoms with Gasteiger partial charge < -0.3 is 14.7 Å². The molecule has 0 amide bonds. The van der Waals surface area contributed by atoms with Crippen LogP contribution < -0.4 is 10.2 Å². The number of hydrogen-bond donors (Lipinski definition) is 2. The lowest BCUT2D eigenvalue weighted by Gasteiger charge is -2.46. The molecule has 1 saturated heterocycles. The molecule has 2 fully saturated rings. The van der Waals surface area contributed by atoms with Gasteiger partial charge in [-0.15, -0.1) is 0 Å². The van der Waals surface area contributed by atoms with Crippen molar-refractivity contribution in [3.63, 3.8) is 0 Å². The summed E-state index contributed by atoms with van der Waals surface area (Å²) in [5, 5.41) is 13.9. The minimum Gasteiger partial charge on any atom is -0.386 e. The van der Waals surface area contributed by atoms with Gasteiger partial charge in [0.2, 0.25) is 0 Å². The molecule has 3 atom stereocenters. The summed E-state index contributed by atoms with van der Waals surface area (Å²) in [7, 11) is 4.07. The molecular formula is C16H24N2O2. The van der Waals surface area contributed by atoms with Crippen molar-refractivity contribution in [1.82, 2.24) is 5.32 Å². The standard InChI is InChI=1S/C16H24N2O2/c1-18(2)13-8-6-12(7-9-13)15-17-11-16(19)10-4-3-5-14(16)20-15/h6-9,14-15,17,19H,3-5,10-11H2,1-2H3/t14-,15+,16+/m0/s1. The van der Waals surface area contributed by atoms with Gasteiger partial charge in [-0.25, -0.2) is 0 Å². The minimum absolute atomic E-state index is 0.0315. The molecule has 2 aliphatic rings. The molecule has 3 rings (SSSR count). The van der Waals surface area contributed by atoms with Gasteiger partial charge in [0.1, 0.15) is 11.8 Å². The fourth-order valence-electron chi connectivity index (χ4n) is 3.21. The maximum absolute atomic E-state index is 10.6. The van der Waals surface area contributed by atoms with Gasteiger partial charge in [0.15, 0.2) is 0 Å². The molecule has 0 bridgehead atoms. The van der Waals surface area contributed by atoms with E-state index in [2.05, 4.69) is 34.5 Å². The Balaban J connectivity index is 1.72. The molecule has 1 aliphatic carbocycles. The SMILES string of the molecule is CN(C)c1ccc([C@@H]2NC[C@]3(O)CCCC[C@@H]3O2)cc1. The van der Waals surface area contributed by atoms with Crippen LogP contribution in [0.25, 0.3) is 0 Å². The molecule has 4 nitrogen and oxygen atoms in total.